The number of nitrogens with zero attached hydrogens (tertiary/aromatic N) is 2. The quantitative estimate of drug-likeness (QED) is 0.732. The van der Waals surface area contributed by atoms with Crippen molar-refractivity contribution in [1.29, 1.82) is 0 Å². The molecule has 1 amide bonds. The van der Waals surface area contributed by atoms with Crippen LogP contribution in [-0.2, 0) is 4.79 Å². The highest BCUT2D eigenvalue weighted by Gasteiger charge is 2.20. The van der Waals surface area contributed by atoms with Gasteiger partial charge in [0.05, 0.1) is 23.4 Å². The molecule has 0 aliphatic heterocycles. The van der Waals surface area contributed by atoms with Gasteiger partial charge in [-0.15, -0.1) is 0 Å². The van der Waals surface area contributed by atoms with Crippen LogP contribution in [0.2, 0.25) is 0 Å². The number of aromatic nitrogens is 1. The Labute approximate surface area is 148 Å². The van der Waals surface area contributed by atoms with Gasteiger partial charge in [0.15, 0.2) is 0 Å². The zero-order chi connectivity index (χ0) is 17.9. The molecule has 130 valence electrons. The van der Waals surface area contributed by atoms with E-state index in [1.807, 2.05) is 56.9 Å². The summed E-state index contributed by atoms with van der Waals surface area (Å²) in [4.78, 5) is 19.1. The lowest BCUT2D eigenvalue weighted by Crippen LogP contribution is -2.43. The number of fused-ring (bicyclic) bond motifs is 1. The fourth-order valence-electron chi connectivity index (χ4n) is 2.93. The van der Waals surface area contributed by atoms with Gasteiger partial charge in [0.1, 0.15) is 5.75 Å². The van der Waals surface area contributed by atoms with E-state index in [0.29, 0.717) is 5.75 Å². The summed E-state index contributed by atoms with van der Waals surface area (Å²) in [5, 5.41) is 1.98. The molecule has 1 heterocycles. The molecule has 0 aliphatic rings. The van der Waals surface area contributed by atoms with E-state index in [2.05, 4.69) is 11.9 Å². The second-order valence-corrected chi connectivity index (χ2v) is 7.43. The van der Waals surface area contributed by atoms with Gasteiger partial charge in [-0.1, -0.05) is 11.8 Å². The molecule has 1 aromatic carbocycles. The number of hydrogen-bond acceptors (Lipinski definition) is 4. The minimum atomic E-state index is 0.148. The molecule has 0 radical (unpaired) electrons. The van der Waals surface area contributed by atoms with E-state index in [1.54, 1.807) is 7.11 Å². The van der Waals surface area contributed by atoms with Crippen LogP contribution in [0, 0.1) is 6.92 Å². The van der Waals surface area contributed by atoms with Crippen LogP contribution in [0.4, 0.5) is 0 Å². The number of ether oxygens (including phenoxy) is 1. The van der Waals surface area contributed by atoms with Crippen molar-refractivity contribution in [3.63, 3.8) is 0 Å². The second kappa shape index (κ2) is 7.88. The molecule has 0 saturated heterocycles. The van der Waals surface area contributed by atoms with Crippen LogP contribution in [0.15, 0.2) is 29.3 Å². The standard InChI is InChI=1S/C19H26N2O2S/c1-12(2)21(13(3)4)19(22)11-24-18-9-14(5)16-8-7-15(23-6)10-17(16)20-18/h7-10,12-13H,11H2,1-6H3. The summed E-state index contributed by atoms with van der Waals surface area (Å²) in [7, 11) is 1.65. The number of pyridine rings is 1. The number of aryl methyl sites for hydroxylation is 1. The lowest BCUT2D eigenvalue weighted by molar-refractivity contribution is -0.131. The molecule has 0 atom stereocenters. The van der Waals surface area contributed by atoms with E-state index < -0.39 is 0 Å². The van der Waals surface area contributed by atoms with E-state index in [9.17, 15) is 4.79 Å². The van der Waals surface area contributed by atoms with Crippen molar-refractivity contribution in [2.24, 2.45) is 0 Å². The number of carbonyl (C=O) groups excluding carboxylic acids is 1. The fraction of sp³-hybridized carbons (Fsp3) is 0.474. The SMILES string of the molecule is COc1ccc2c(C)cc(SCC(=O)N(C(C)C)C(C)C)nc2c1. The Morgan fingerprint density at radius 3 is 2.46 bits per heavy atom. The second-order valence-electron chi connectivity index (χ2n) is 6.44. The number of thioether (sulfide) groups is 1. The maximum absolute atomic E-state index is 12.5. The molecule has 4 nitrogen and oxygen atoms in total. The minimum Gasteiger partial charge on any atom is -0.497 e. The lowest BCUT2D eigenvalue weighted by Gasteiger charge is -2.30. The van der Waals surface area contributed by atoms with Crippen LogP contribution in [0.3, 0.4) is 0 Å². The molecule has 2 rings (SSSR count). The summed E-state index contributed by atoms with van der Waals surface area (Å²) in [6.45, 7) is 10.3. The van der Waals surface area contributed by atoms with Crippen molar-refractivity contribution >= 4 is 28.6 Å². The highest BCUT2D eigenvalue weighted by molar-refractivity contribution is 7.99. The van der Waals surface area contributed by atoms with Gasteiger partial charge in [-0.25, -0.2) is 4.98 Å². The average molecular weight is 346 g/mol. The largest absolute Gasteiger partial charge is 0.497 e. The van der Waals surface area contributed by atoms with Crippen molar-refractivity contribution < 1.29 is 9.53 Å². The Hall–Kier alpha value is -1.75. The van der Waals surface area contributed by atoms with Crippen LogP contribution in [0.1, 0.15) is 33.3 Å². The van der Waals surface area contributed by atoms with Gasteiger partial charge < -0.3 is 9.64 Å². The number of rotatable bonds is 6. The molecule has 5 heteroatoms. The zero-order valence-electron chi connectivity index (χ0n) is 15.3. The molecule has 2 aromatic rings. The maximum Gasteiger partial charge on any atom is 0.233 e. The van der Waals surface area contributed by atoms with Crippen LogP contribution >= 0.6 is 11.8 Å². The van der Waals surface area contributed by atoms with E-state index in [1.165, 1.54) is 11.8 Å². The molecule has 0 bridgehead atoms. The minimum absolute atomic E-state index is 0.148. The summed E-state index contributed by atoms with van der Waals surface area (Å²) >= 11 is 1.49. The van der Waals surface area contributed by atoms with Crippen molar-refractivity contribution in [1.82, 2.24) is 9.88 Å². The molecular weight excluding hydrogens is 320 g/mol. The average Bonchev–Trinajstić information content (AvgIpc) is 2.51. The van der Waals surface area contributed by atoms with Crippen molar-refractivity contribution in [2.45, 2.75) is 51.7 Å². The third-order valence-electron chi connectivity index (χ3n) is 3.94. The van der Waals surface area contributed by atoms with E-state index in [-0.39, 0.29) is 18.0 Å². The zero-order valence-corrected chi connectivity index (χ0v) is 16.1. The van der Waals surface area contributed by atoms with Gasteiger partial charge in [-0.05, 0) is 58.4 Å². The van der Waals surface area contributed by atoms with Gasteiger partial charge >= 0.3 is 0 Å². The first-order valence-corrected chi connectivity index (χ1v) is 9.21. The highest BCUT2D eigenvalue weighted by atomic mass is 32.2. The molecule has 24 heavy (non-hydrogen) atoms. The Balaban J connectivity index is 2.19. The van der Waals surface area contributed by atoms with Crippen molar-refractivity contribution in [3.8, 4) is 5.75 Å². The molecule has 0 N–H and O–H groups in total. The first-order chi connectivity index (χ1) is 11.3. The van der Waals surface area contributed by atoms with Gasteiger partial charge in [-0.3, -0.25) is 4.79 Å². The summed E-state index contributed by atoms with van der Waals surface area (Å²) in [6, 6.07) is 8.35. The predicted octanol–water partition coefficient (Wildman–Crippen LogP) is 4.29. The number of hydrogen-bond donors (Lipinski definition) is 0. The number of carbonyl (C=O) groups is 1. The van der Waals surface area contributed by atoms with Gasteiger partial charge in [0.2, 0.25) is 5.91 Å². The number of benzene rings is 1. The Morgan fingerprint density at radius 2 is 1.88 bits per heavy atom. The lowest BCUT2D eigenvalue weighted by atomic mass is 10.1. The van der Waals surface area contributed by atoms with Crippen molar-refractivity contribution in [2.75, 3.05) is 12.9 Å². The number of methoxy groups -OCH3 is 1. The summed E-state index contributed by atoms with van der Waals surface area (Å²) in [5.74, 6) is 1.34. The van der Waals surface area contributed by atoms with Gasteiger partial charge in [-0.2, -0.15) is 0 Å². The summed E-state index contributed by atoms with van der Waals surface area (Å²) in [6.07, 6.45) is 0. The smallest absolute Gasteiger partial charge is 0.233 e. The Kier molecular flexibility index (Phi) is 6.10. The monoisotopic (exact) mass is 346 g/mol. The molecular formula is C19H26N2O2S. The van der Waals surface area contributed by atoms with Crippen LogP contribution in [0.25, 0.3) is 10.9 Å². The fourth-order valence-corrected chi connectivity index (χ4v) is 3.78. The Bertz CT molecular complexity index is 721. The molecule has 0 spiro atoms. The molecule has 0 unspecified atom stereocenters. The molecule has 0 aliphatic carbocycles. The molecule has 0 fully saturated rings. The Morgan fingerprint density at radius 1 is 1.21 bits per heavy atom. The molecule has 1 aromatic heterocycles. The third kappa shape index (κ3) is 4.20. The highest BCUT2D eigenvalue weighted by Crippen LogP contribution is 2.27. The van der Waals surface area contributed by atoms with Gasteiger partial charge in [0, 0.05) is 23.5 Å². The van der Waals surface area contributed by atoms with E-state index in [4.69, 9.17) is 4.74 Å². The third-order valence-corrected chi connectivity index (χ3v) is 4.84. The normalized spacial score (nSPS) is 11.3. The first-order valence-electron chi connectivity index (χ1n) is 8.22. The predicted molar refractivity (Wildman–Crippen MR) is 101 cm³/mol. The van der Waals surface area contributed by atoms with Crippen LogP contribution in [0.5, 0.6) is 5.75 Å². The number of amides is 1. The van der Waals surface area contributed by atoms with Crippen LogP contribution < -0.4 is 4.74 Å². The molecule has 0 saturated carbocycles. The van der Waals surface area contributed by atoms with Gasteiger partial charge in [0.25, 0.3) is 0 Å². The van der Waals surface area contributed by atoms with Crippen molar-refractivity contribution in [3.05, 3.63) is 29.8 Å². The van der Waals surface area contributed by atoms with E-state index in [0.717, 1.165) is 27.2 Å². The summed E-state index contributed by atoms with van der Waals surface area (Å²) < 4.78 is 5.28. The maximum atomic E-state index is 12.5. The van der Waals surface area contributed by atoms with Crippen LogP contribution in [-0.4, -0.2) is 40.7 Å². The summed E-state index contributed by atoms with van der Waals surface area (Å²) in [5.41, 5.74) is 2.05. The topological polar surface area (TPSA) is 42.4 Å². The van der Waals surface area contributed by atoms with E-state index >= 15 is 0 Å². The first kappa shape index (κ1) is 18.6.